The lowest BCUT2D eigenvalue weighted by Crippen LogP contribution is -2.48. The lowest BCUT2D eigenvalue weighted by Gasteiger charge is -2.36. The summed E-state index contributed by atoms with van der Waals surface area (Å²) in [6.07, 6.45) is 0. The third-order valence-electron chi connectivity index (χ3n) is 4.50. The molecule has 1 fully saturated rings. The monoisotopic (exact) mass is 391 g/mol. The van der Waals surface area contributed by atoms with E-state index in [-0.39, 0.29) is 18.3 Å². The van der Waals surface area contributed by atoms with Gasteiger partial charge in [0.05, 0.1) is 0 Å². The van der Waals surface area contributed by atoms with E-state index in [2.05, 4.69) is 15.1 Å². The summed E-state index contributed by atoms with van der Waals surface area (Å²) < 4.78 is 18.4. The molecule has 0 aromatic heterocycles. The summed E-state index contributed by atoms with van der Waals surface area (Å²) in [5, 5.41) is 3.50. The van der Waals surface area contributed by atoms with Gasteiger partial charge in [-0.25, -0.2) is 4.39 Å². The fraction of sp³-hybridized carbons (Fsp3) is 0.350. The van der Waals surface area contributed by atoms with Crippen LogP contribution in [0.5, 0.6) is 5.75 Å². The number of nitrogens with zero attached hydrogens (tertiary/aromatic N) is 2. The third-order valence-corrected chi connectivity index (χ3v) is 4.75. The van der Waals surface area contributed by atoms with Crippen LogP contribution >= 0.6 is 11.6 Å². The van der Waals surface area contributed by atoms with Gasteiger partial charge in [-0.1, -0.05) is 11.6 Å². The van der Waals surface area contributed by atoms with Crippen LogP contribution in [0.25, 0.3) is 0 Å². The van der Waals surface area contributed by atoms with Crippen molar-refractivity contribution < 1.29 is 13.9 Å². The molecule has 1 saturated heterocycles. The molecule has 1 amide bonds. The summed E-state index contributed by atoms with van der Waals surface area (Å²) in [4.78, 5) is 16.4. The zero-order chi connectivity index (χ0) is 19.1. The van der Waals surface area contributed by atoms with Crippen molar-refractivity contribution in [2.24, 2.45) is 0 Å². The second-order valence-electron chi connectivity index (χ2n) is 6.40. The average molecular weight is 392 g/mol. The number of halogens is 2. The predicted octanol–water partition coefficient (Wildman–Crippen LogP) is 2.80. The fourth-order valence-electron chi connectivity index (χ4n) is 2.97. The fourth-order valence-corrected chi connectivity index (χ4v) is 3.09. The van der Waals surface area contributed by atoms with Crippen molar-refractivity contribution in [3.63, 3.8) is 0 Å². The zero-order valence-electron chi connectivity index (χ0n) is 15.0. The van der Waals surface area contributed by atoms with E-state index in [0.717, 1.165) is 38.4 Å². The molecule has 0 unspecified atom stereocenters. The van der Waals surface area contributed by atoms with E-state index < -0.39 is 0 Å². The van der Waals surface area contributed by atoms with Crippen LogP contribution in [0.1, 0.15) is 0 Å². The van der Waals surface area contributed by atoms with Crippen molar-refractivity contribution in [2.75, 3.05) is 50.8 Å². The smallest absolute Gasteiger partial charge is 0.257 e. The maximum absolute atomic E-state index is 13.0. The van der Waals surface area contributed by atoms with Crippen LogP contribution in [0.2, 0.25) is 5.02 Å². The van der Waals surface area contributed by atoms with Gasteiger partial charge in [0.2, 0.25) is 0 Å². The van der Waals surface area contributed by atoms with Crippen molar-refractivity contribution in [3.8, 4) is 5.75 Å². The van der Waals surface area contributed by atoms with Crippen LogP contribution < -0.4 is 15.0 Å². The van der Waals surface area contributed by atoms with Gasteiger partial charge in [0, 0.05) is 50.0 Å². The highest BCUT2D eigenvalue weighted by molar-refractivity contribution is 6.30. The van der Waals surface area contributed by atoms with E-state index in [1.54, 1.807) is 24.3 Å². The van der Waals surface area contributed by atoms with E-state index in [0.29, 0.717) is 17.3 Å². The number of piperazine rings is 1. The van der Waals surface area contributed by atoms with Crippen molar-refractivity contribution in [1.82, 2.24) is 10.2 Å². The van der Waals surface area contributed by atoms with Gasteiger partial charge in [0.15, 0.2) is 6.61 Å². The molecule has 1 aliphatic heterocycles. The van der Waals surface area contributed by atoms with E-state index in [1.165, 1.54) is 12.1 Å². The average Bonchev–Trinajstić information content (AvgIpc) is 2.69. The van der Waals surface area contributed by atoms with Gasteiger partial charge in [0.1, 0.15) is 11.6 Å². The maximum Gasteiger partial charge on any atom is 0.257 e. The van der Waals surface area contributed by atoms with Crippen LogP contribution in [-0.2, 0) is 4.79 Å². The van der Waals surface area contributed by atoms with Crippen molar-refractivity contribution >= 4 is 23.2 Å². The highest BCUT2D eigenvalue weighted by atomic mass is 35.5. The topological polar surface area (TPSA) is 44.8 Å². The quantitative estimate of drug-likeness (QED) is 0.788. The molecule has 1 aliphatic rings. The van der Waals surface area contributed by atoms with Gasteiger partial charge in [-0.3, -0.25) is 9.69 Å². The minimum absolute atomic E-state index is 0.0139. The molecular weight excluding hydrogens is 369 g/mol. The summed E-state index contributed by atoms with van der Waals surface area (Å²) in [5.74, 6) is 0.259. The third kappa shape index (κ3) is 6.12. The molecule has 27 heavy (non-hydrogen) atoms. The lowest BCUT2D eigenvalue weighted by molar-refractivity contribution is -0.123. The maximum atomic E-state index is 13.0. The van der Waals surface area contributed by atoms with Gasteiger partial charge < -0.3 is 15.0 Å². The van der Waals surface area contributed by atoms with Gasteiger partial charge in [-0.05, 0) is 48.5 Å². The van der Waals surface area contributed by atoms with Crippen molar-refractivity contribution in [3.05, 3.63) is 59.4 Å². The first kappa shape index (κ1) is 19.5. The Morgan fingerprint density at radius 2 is 1.70 bits per heavy atom. The second-order valence-corrected chi connectivity index (χ2v) is 6.83. The molecular formula is C20H23ClFN3O2. The molecule has 0 radical (unpaired) electrons. The Hall–Kier alpha value is -2.31. The largest absolute Gasteiger partial charge is 0.484 e. The number of carbonyl (C=O) groups is 1. The molecule has 5 nitrogen and oxygen atoms in total. The highest BCUT2D eigenvalue weighted by Gasteiger charge is 2.17. The molecule has 1 heterocycles. The first-order valence-electron chi connectivity index (χ1n) is 8.98. The Bertz CT molecular complexity index is 732. The van der Waals surface area contributed by atoms with E-state index in [9.17, 15) is 9.18 Å². The molecule has 2 aromatic rings. The summed E-state index contributed by atoms with van der Waals surface area (Å²) >= 11 is 5.81. The number of hydrogen-bond acceptors (Lipinski definition) is 4. The van der Waals surface area contributed by atoms with Crippen LogP contribution in [0, 0.1) is 5.82 Å². The normalized spacial score (nSPS) is 14.8. The Morgan fingerprint density at radius 3 is 2.37 bits per heavy atom. The minimum atomic E-state index is -0.215. The molecule has 0 atom stereocenters. The molecule has 0 spiro atoms. The predicted molar refractivity (Wildman–Crippen MR) is 105 cm³/mol. The summed E-state index contributed by atoms with van der Waals surface area (Å²) in [6.45, 7) is 4.96. The van der Waals surface area contributed by atoms with Crippen molar-refractivity contribution in [1.29, 1.82) is 0 Å². The number of rotatable bonds is 7. The number of hydrogen-bond donors (Lipinski definition) is 1. The standard InChI is InChI=1S/C20H23ClFN3O2/c21-16-1-7-19(8-2-16)27-15-20(26)23-9-10-24-11-13-25(14-12-24)18-5-3-17(22)4-6-18/h1-8H,9-15H2,(H,23,26). The second kappa shape index (κ2) is 9.58. The molecule has 0 aliphatic carbocycles. The van der Waals surface area contributed by atoms with E-state index in [1.807, 2.05) is 12.1 Å². The van der Waals surface area contributed by atoms with Crippen LogP contribution in [0.4, 0.5) is 10.1 Å². The summed E-state index contributed by atoms with van der Waals surface area (Å²) in [7, 11) is 0. The summed E-state index contributed by atoms with van der Waals surface area (Å²) in [6, 6.07) is 13.5. The Kier molecular flexibility index (Phi) is 6.90. The molecule has 3 rings (SSSR count). The zero-order valence-corrected chi connectivity index (χ0v) is 15.8. The van der Waals surface area contributed by atoms with Gasteiger partial charge in [0.25, 0.3) is 5.91 Å². The Labute approximate surface area is 163 Å². The van der Waals surface area contributed by atoms with Gasteiger partial charge in [-0.15, -0.1) is 0 Å². The van der Waals surface area contributed by atoms with Gasteiger partial charge >= 0.3 is 0 Å². The number of ether oxygens (including phenoxy) is 1. The van der Waals surface area contributed by atoms with Crippen LogP contribution in [-0.4, -0.2) is 56.7 Å². The molecule has 0 saturated carbocycles. The lowest BCUT2D eigenvalue weighted by atomic mass is 10.2. The Morgan fingerprint density at radius 1 is 1.04 bits per heavy atom. The summed E-state index contributed by atoms with van der Waals surface area (Å²) in [5.41, 5.74) is 1.05. The van der Waals surface area contributed by atoms with Gasteiger partial charge in [-0.2, -0.15) is 0 Å². The van der Waals surface area contributed by atoms with Crippen LogP contribution in [0.15, 0.2) is 48.5 Å². The Balaban J connectivity index is 1.31. The molecule has 1 N–H and O–H groups in total. The molecule has 144 valence electrons. The number of nitrogens with one attached hydrogen (secondary N) is 1. The first-order chi connectivity index (χ1) is 13.1. The van der Waals surface area contributed by atoms with Crippen molar-refractivity contribution in [2.45, 2.75) is 0 Å². The highest BCUT2D eigenvalue weighted by Crippen LogP contribution is 2.17. The molecule has 0 bridgehead atoms. The number of anilines is 1. The molecule has 2 aromatic carbocycles. The van der Waals surface area contributed by atoms with E-state index >= 15 is 0 Å². The molecule has 7 heteroatoms. The van der Waals surface area contributed by atoms with Crippen LogP contribution in [0.3, 0.4) is 0 Å². The number of amides is 1. The minimum Gasteiger partial charge on any atom is -0.484 e. The number of carbonyl (C=O) groups excluding carboxylic acids is 1. The van der Waals surface area contributed by atoms with E-state index in [4.69, 9.17) is 16.3 Å². The number of benzene rings is 2. The first-order valence-corrected chi connectivity index (χ1v) is 9.36. The SMILES string of the molecule is O=C(COc1ccc(Cl)cc1)NCCN1CCN(c2ccc(F)cc2)CC1.